The maximum Gasteiger partial charge on any atom is 0.226 e. The van der Waals surface area contributed by atoms with E-state index in [0.717, 1.165) is 17.1 Å². The Morgan fingerprint density at radius 2 is 1.88 bits per heavy atom. The topological polar surface area (TPSA) is 35.3 Å². The van der Waals surface area contributed by atoms with Crippen molar-refractivity contribution in [1.29, 1.82) is 0 Å². The molecule has 4 heteroatoms. The van der Waals surface area contributed by atoms with Crippen molar-refractivity contribution in [3.63, 3.8) is 0 Å². The van der Waals surface area contributed by atoms with Crippen molar-refractivity contribution in [3.8, 4) is 17.2 Å². The third-order valence-corrected chi connectivity index (χ3v) is 2.82. The molecule has 0 spiro atoms. The summed E-state index contributed by atoms with van der Waals surface area (Å²) in [5.41, 5.74) is 0.939. The molecule has 0 amide bonds. The van der Waals surface area contributed by atoms with Gasteiger partial charge in [0.2, 0.25) is 5.89 Å². The van der Waals surface area contributed by atoms with Gasteiger partial charge >= 0.3 is 0 Å². The fourth-order valence-electron chi connectivity index (χ4n) is 1.42. The summed E-state index contributed by atoms with van der Waals surface area (Å²) in [6, 6.07) is 7.63. The molecule has 0 unspecified atom stereocenters. The van der Waals surface area contributed by atoms with Gasteiger partial charge in [0.1, 0.15) is 11.5 Å². The second kappa shape index (κ2) is 4.53. The first-order valence-electron chi connectivity index (χ1n) is 5.30. The predicted octanol–water partition coefficient (Wildman–Crippen LogP) is 3.98. The van der Waals surface area contributed by atoms with Gasteiger partial charge in [0.05, 0.1) is 17.6 Å². The van der Waals surface area contributed by atoms with E-state index in [2.05, 4.69) is 20.9 Å². The maximum atomic E-state index is 5.71. The number of methoxy groups -OCH3 is 1. The molecule has 0 radical (unpaired) electrons. The van der Waals surface area contributed by atoms with E-state index in [1.165, 1.54) is 0 Å². The largest absolute Gasteiger partial charge is 0.497 e. The van der Waals surface area contributed by atoms with Crippen LogP contribution in [0.25, 0.3) is 11.5 Å². The molecular weight excluding hydrogens is 282 g/mol. The number of hydrogen-bond donors (Lipinski definition) is 0. The molecule has 0 saturated heterocycles. The zero-order valence-corrected chi connectivity index (χ0v) is 11.6. The van der Waals surface area contributed by atoms with Crippen LogP contribution in [-0.2, 0) is 4.32 Å². The molecule has 0 atom stereocenters. The lowest BCUT2D eigenvalue weighted by atomic mass is 10.2. The SMILES string of the molecule is COc1ccc(-c2ncc(C(C)(C)Br)o2)cc1. The molecule has 3 nitrogen and oxygen atoms in total. The molecular formula is C13H14BrNO2. The van der Waals surface area contributed by atoms with E-state index >= 15 is 0 Å². The van der Waals surface area contributed by atoms with Crippen molar-refractivity contribution >= 4 is 15.9 Å². The Morgan fingerprint density at radius 3 is 2.35 bits per heavy atom. The van der Waals surface area contributed by atoms with E-state index in [-0.39, 0.29) is 4.32 Å². The Bertz CT molecular complexity index is 497. The lowest BCUT2D eigenvalue weighted by Crippen LogP contribution is -2.04. The minimum Gasteiger partial charge on any atom is -0.497 e. The Morgan fingerprint density at radius 1 is 1.24 bits per heavy atom. The summed E-state index contributed by atoms with van der Waals surface area (Å²) >= 11 is 3.54. The van der Waals surface area contributed by atoms with Crippen molar-refractivity contribution in [3.05, 3.63) is 36.2 Å². The van der Waals surface area contributed by atoms with Crippen LogP contribution in [0.2, 0.25) is 0 Å². The molecule has 90 valence electrons. The van der Waals surface area contributed by atoms with Crippen LogP contribution < -0.4 is 4.74 Å². The van der Waals surface area contributed by atoms with Crippen molar-refractivity contribution < 1.29 is 9.15 Å². The number of benzene rings is 1. The number of halogens is 1. The molecule has 1 aromatic carbocycles. The van der Waals surface area contributed by atoms with Gasteiger partial charge in [-0.25, -0.2) is 4.98 Å². The summed E-state index contributed by atoms with van der Waals surface area (Å²) in [4.78, 5) is 4.27. The highest BCUT2D eigenvalue weighted by Gasteiger charge is 2.21. The van der Waals surface area contributed by atoms with E-state index in [4.69, 9.17) is 9.15 Å². The van der Waals surface area contributed by atoms with Crippen molar-refractivity contribution in [1.82, 2.24) is 4.98 Å². The summed E-state index contributed by atoms with van der Waals surface area (Å²) < 4.78 is 10.6. The normalized spacial score (nSPS) is 11.5. The zero-order chi connectivity index (χ0) is 12.5. The molecule has 0 saturated carbocycles. The molecule has 0 aliphatic rings. The molecule has 0 fully saturated rings. The molecule has 17 heavy (non-hydrogen) atoms. The summed E-state index contributed by atoms with van der Waals surface area (Å²) in [6.45, 7) is 4.04. The number of ether oxygens (including phenoxy) is 1. The van der Waals surface area contributed by atoms with E-state index in [9.17, 15) is 0 Å². The smallest absolute Gasteiger partial charge is 0.226 e. The van der Waals surface area contributed by atoms with Crippen molar-refractivity contribution in [2.45, 2.75) is 18.2 Å². The summed E-state index contributed by atoms with van der Waals surface area (Å²) in [5, 5.41) is 0. The Balaban J connectivity index is 2.30. The van der Waals surface area contributed by atoms with E-state index < -0.39 is 0 Å². The standard InChI is InChI=1S/C13H14BrNO2/c1-13(2,14)11-8-15-12(17-11)9-4-6-10(16-3)7-5-9/h4-8H,1-3H3. The molecule has 0 N–H and O–H groups in total. The molecule has 1 aromatic heterocycles. The Labute approximate surface area is 109 Å². The number of rotatable bonds is 3. The van der Waals surface area contributed by atoms with Crippen LogP contribution in [0.4, 0.5) is 0 Å². The van der Waals surface area contributed by atoms with Crippen LogP contribution >= 0.6 is 15.9 Å². The number of oxazole rings is 1. The van der Waals surface area contributed by atoms with Crippen LogP contribution in [0.5, 0.6) is 5.75 Å². The van der Waals surface area contributed by atoms with Gasteiger partial charge in [-0.05, 0) is 38.1 Å². The molecule has 1 heterocycles. The van der Waals surface area contributed by atoms with Gasteiger partial charge in [0, 0.05) is 5.56 Å². The molecule has 0 aliphatic carbocycles. The lowest BCUT2D eigenvalue weighted by Gasteiger charge is -2.10. The zero-order valence-electron chi connectivity index (χ0n) is 10.0. The van der Waals surface area contributed by atoms with Crippen LogP contribution in [-0.4, -0.2) is 12.1 Å². The van der Waals surface area contributed by atoms with E-state index in [1.54, 1.807) is 13.3 Å². The number of aromatic nitrogens is 1. The summed E-state index contributed by atoms with van der Waals surface area (Å²) in [6.07, 6.45) is 1.74. The molecule has 2 rings (SSSR count). The van der Waals surface area contributed by atoms with Crippen LogP contribution in [0.3, 0.4) is 0 Å². The first-order chi connectivity index (χ1) is 8.00. The van der Waals surface area contributed by atoms with Gasteiger partial charge in [-0.3, -0.25) is 0 Å². The average Bonchev–Trinajstić information content (AvgIpc) is 2.78. The first kappa shape index (κ1) is 12.2. The Kier molecular flexibility index (Phi) is 3.24. The minimum absolute atomic E-state index is 0.204. The van der Waals surface area contributed by atoms with Gasteiger partial charge in [-0.1, -0.05) is 15.9 Å². The fourth-order valence-corrected chi connectivity index (χ4v) is 1.60. The second-order valence-corrected chi connectivity index (χ2v) is 6.21. The van der Waals surface area contributed by atoms with E-state index in [1.807, 2.05) is 38.1 Å². The fraction of sp³-hybridized carbons (Fsp3) is 0.308. The van der Waals surface area contributed by atoms with Crippen LogP contribution in [0.15, 0.2) is 34.9 Å². The van der Waals surface area contributed by atoms with Crippen LogP contribution in [0.1, 0.15) is 19.6 Å². The maximum absolute atomic E-state index is 5.71. The van der Waals surface area contributed by atoms with Gasteiger partial charge in [-0.2, -0.15) is 0 Å². The molecule has 0 bridgehead atoms. The number of nitrogens with zero attached hydrogens (tertiary/aromatic N) is 1. The highest BCUT2D eigenvalue weighted by atomic mass is 79.9. The van der Waals surface area contributed by atoms with Crippen molar-refractivity contribution in [2.75, 3.05) is 7.11 Å². The third kappa shape index (κ3) is 2.69. The quantitative estimate of drug-likeness (QED) is 0.804. The van der Waals surface area contributed by atoms with Gasteiger partial charge < -0.3 is 9.15 Å². The summed E-state index contributed by atoms with van der Waals surface area (Å²) in [7, 11) is 1.64. The monoisotopic (exact) mass is 295 g/mol. The number of alkyl halides is 1. The predicted molar refractivity (Wildman–Crippen MR) is 70.4 cm³/mol. The lowest BCUT2D eigenvalue weighted by molar-refractivity contribution is 0.414. The third-order valence-electron chi connectivity index (χ3n) is 2.43. The van der Waals surface area contributed by atoms with E-state index in [0.29, 0.717) is 5.89 Å². The molecule has 0 aliphatic heterocycles. The number of hydrogen-bond acceptors (Lipinski definition) is 3. The highest BCUT2D eigenvalue weighted by Crippen LogP contribution is 2.32. The first-order valence-corrected chi connectivity index (χ1v) is 6.09. The van der Waals surface area contributed by atoms with Crippen LogP contribution in [0, 0.1) is 0 Å². The van der Waals surface area contributed by atoms with Gasteiger partial charge in [0.25, 0.3) is 0 Å². The molecule has 2 aromatic rings. The highest BCUT2D eigenvalue weighted by molar-refractivity contribution is 9.09. The Hall–Kier alpha value is -1.29. The van der Waals surface area contributed by atoms with Gasteiger partial charge in [0.15, 0.2) is 0 Å². The van der Waals surface area contributed by atoms with Crippen molar-refractivity contribution in [2.24, 2.45) is 0 Å². The second-order valence-electron chi connectivity index (χ2n) is 4.23. The summed E-state index contributed by atoms with van der Waals surface area (Å²) in [5.74, 6) is 2.25. The van der Waals surface area contributed by atoms with Gasteiger partial charge in [-0.15, -0.1) is 0 Å². The minimum atomic E-state index is -0.204. The average molecular weight is 296 g/mol.